The van der Waals surface area contributed by atoms with Crippen LogP contribution in [0.15, 0.2) is 30.6 Å². The largest absolute Gasteiger partial charge is 0.507 e. The van der Waals surface area contributed by atoms with E-state index in [1.807, 2.05) is 0 Å². The van der Waals surface area contributed by atoms with Crippen LogP contribution in [-0.4, -0.2) is 26.5 Å². The number of aromatic nitrogens is 2. The van der Waals surface area contributed by atoms with Crippen molar-refractivity contribution in [1.29, 1.82) is 5.26 Å². The highest BCUT2D eigenvalue weighted by atomic mass is 16.3. The fourth-order valence-electron chi connectivity index (χ4n) is 3.63. The van der Waals surface area contributed by atoms with Crippen molar-refractivity contribution >= 4 is 16.6 Å². The molecule has 0 saturated heterocycles. The van der Waals surface area contributed by atoms with Crippen molar-refractivity contribution in [3.05, 3.63) is 47.4 Å². The Balaban J connectivity index is 1.95. The van der Waals surface area contributed by atoms with Gasteiger partial charge in [-0.15, -0.1) is 0 Å². The predicted octanol–water partition coefficient (Wildman–Crippen LogP) is 3.18. The van der Waals surface area contributed by atoms with Gasteiger partial charge in [0.1, 0.15) is 11.8 Å². The van der Waals surface area contributed by atoms with E-state index in [0.717, 1.165) is 48.4 Å². The molecule has 26 heavy (non-hydrogen) atoms. The predicted molar refractivity (Wildman–Crippen MR) is 100 cm³/mol. The highest BCUT2D eigenvalue weighted by molar-refractivity contribution is 6.04. The average Bonchev–Trinajstić information content (AvgIpc) is 3.05. The number of pyridine rings is 2. The van der Waals surface area contributed by atoms with Gasteiger partial charge >= 0.3 is 0 Å². The third-order valence-corrected chi connectivity index (χ3v) is 4.82. The van der Waals surface area contributed by atoms with Crippen molar-refractivity contribution < 1.29 is 5.11 Å². The standard InChI is InChI=1S/C20H19N5O/c1-2-5-25-10-15-16(11-25)24-20-14(3-4-17(26)18(20)19(15)22)13-6-12(7-21)8-23-9-13/h3-4,6,8-9,26H,2,5,10-11H2,1H3,(H2,22,24). The molecule has 0 radical (unpaired) electrons. The number of aromatic hydroxyl groups is 1. The van der Waals surface area contributed by atoms with Crippen molar-refractivity contribution in [2.45, 2.75) is 26.4 Å². The van der Waals surface area contributed by atoms with Crippen LogP contribution in [0.4, 0.5) is 5.69 Å². The molecular weight excluding hydrogens is 326 g/mol. The third kappa shape index (κ3) is 2.54. The molecule has 3 N–H and O–H groups in total. The number of fused-ring (bicyclic) bond motifs is 2. The maximum absolute atomic E-state index is 10.4. The number of nitrogen functional groups attached to an aromatic ring is 1. The number of rotatable bonds is 3. The quantitative estimate of drug-likeness (QED) is 0.756. The van der Waals surface area contributed by atoms with Crippen molar-refractivity contribution in [1.82, 2.24) is 14.9 Å². The Morgan fingerprint density at radius 1 is 1.31 bits per heavy atom. The monoisotopic (exact) mass is 345 g/mol. The molecule has 6 nitrogen and oxygen atoms in total. The van der Waals surface area contributed by atoms with Gasteiger partial charge in [-0.1, -0.05) is 6.92 Å². The highest BCUT2D eigenvalue weighted by Crippen LogP contribution is 2.40. The molecule has 0 spiro atoms. The molecular formula is C20H19N5O. The molecule has 0 amide bonds. The number of hydrogen-bond donors (Lipinski definition) is 2. The lowest BCUT2D eigenvalue weighted by Crippen LogP contribution is -2.16. The second-order valence-corrected chi connectivity index (χ2v) is 6.59. The zero-order chi connectivity index (χ0) is 18.3. The topological polar surface area (TPSA) is 99.1 Å². The van der Waals surface area contributed by atoms with Crippen molar-refractivity contribution in [2.75, 3.05) is 12.3 Å². The van der Waals surface area contributed by atoms with Gasteiger partial charge < -0.3 is 10.8 Å². The summed E-state index contributed by atoms with van der Waals surface area (Å²) in [6.45, 7) is 4.65. The number of nitrogens with two attached hydrogens (primary N) is 1. The Bertz CT molecular complexity index is 1050. The summed E-state index contributed by atoms with van der Waals surface area (Å²) in [7, 11) is 0. The molecule has 3 heterocycles. The minimum atomic E-state index is 0.120. The van der Waals surface area contributed by atoms with Gasteiger partial charge in [0, 0.05) is 42.2 Å². The Hall–Kier alpha value is -3.17. The van der Waals surface area contributed by atoms with Crippen LogP contribution in [0.1, 0.15) is 30.2 Å². The fourth-order valence-corrected chi connectivity index (χ4v) is 3.63. The van der Waals surface area contributed by atoms with Crippen LogP contribution < -0.4 is 5.73 Å². The Morgan fingerprint density at radius 3 is 2.92 bits per heavy atom. The molecule has 0 atom stereocenters. The smallest absolute Gasteiger partial charge is 0.127 e. The van der Waals surface area contributed by atoms with Crippen LogP contribution in [0, 0.1) is 11.3 Å². The number of nitriles is 1. The van der Waals surface area contributed by atoms with Gasteiger partial charge in [-0.3, -0.25) is 14.9 Å². The Labute approximate surface area is 151 Å². The number of hydrogen-bond acceptors (Lipinski definition) is 6. The van der Waals surface area contributed by atoms with Gasteiger partial charge in [0.2, 0.25) is 0 Å². The maximum atomic E-state index is 10.4. The first-order chi connectivity index (χ1) is 12.6. The number of phenolic OH excluding ortho intramolecular Hbond substituents is 1. The lowest BCUT2D eigenvalue weighted by atomic mass is 9.99. The summed E-state index contributed by atoms with van der Waals surface area (Å²) in [6, 6.07) is 7.30. The first-order valence-corrected chi connectivity index (χ1v) is 8.63. The third-order valence-electron chi connectivity index (χ3n) is 4.82. The molecule has 0 aliphatic carbocycles. The maximum Gasteiger partial charge on any atom is 0.127 e. The van der Waals surface area contributed by atoms with Crippen LogP contribution in [0.2, 0.25) is 0 Å². The van der Waals surface area contributed by atoms with Crippen molar-refractivity contribution in [3.63, 3.8) is 0 Å². The van der Waals surface area contributed by atoms with Crippen molar-refractivity contribution in [3.8, 4) is 22.9 Å². The average molecular weight is 345 g/mol. The molecule has 0 saturated carbocycles. The second-order valence-electron chi connectivity index (χ2n) is 6.59. The van der Waals surface area contributed by atoms with Gasteiger partial charge in [-0.25, -0.2) is 0 Å². The van der Waals surface area contributed by atoms with E-state index in [9.17, 15) is 5.11 Å². The van der Waals surface area contributed by atoms with E-state index in [1.54, 1.807) is 24.4 Å². The molecule has 1 aliphatic rings. The summed E-state index contributed by atoms with van der Waals surface area (Å²) < 4.78 is 0. The number of nitrogens with zero attached hydrogens (tertiary/aromatic N) is 4. The fraction of sp³-hybridized carbons (Fsp3) is 0.250. The summed E-state index contributed by atoms with van der Waals surface area (Å²) in [5.41, 5.74) is 11.7. The molecule has 2 aromatic heterocycles. The van der Waals surface area contributed by atoms with E-state index >= 15 is 0 Å². The first-order valence-electron chi connectivity index (χ1n) is 8.63. The highest BCUT2D eigenvalue weighted by Gasteiger charge is 2.25. The zero-order valence-corrected chi connectivity index (χ0v) is 14.5. The summed E-state index contributed by atoms with van der Waals surface area (Å²) in [5, 5.41) is 20.1. The zero-order valence-electron chi connectivity index (χ0n) is 14.5. The molecule has 1 aliphatic heterocycles. The van der Waals surface area contributed by atoms with Gasteiger partial charge in [-0.2, -0.15) is 5.26 Å². The number of phenols is 1. The van der Waals surface area contributed by atoms with Crippen LogP contribution in [0.5, 0.6) is 5.75 Å². The lowest BCUT2D eigenvalue weighted by molar-refractivity contribution is 0.283. The van der Waals surface area contributed by atoms with E-state index in [2.05, 4.69) is 22.9 Å². The Morgan fingerprint density at radius 2 is 2.15 bits per heavy atom. The molecule has 4 rings (SSSR count). The number of benzene rings is 1. The Kier molecular flexibility index (Phi) is 3.94. The molecule has 0 fully saturated rings. The molecule has 3 aromatic rings. The molecule has 130 valence electrons. The molecule has 0 unspecified atom stereocenters. The summed E-state index contributed by atoms with van der Waals surface area (Å²) >= 11 is 0. The van der Waals surface area contributed by atoms with Gasteiger partial charge in [0.25, 0.3) is 0 Å². The van der Waals surface area contributed by atoms with Gasteiger partial charge in [0.15, 0.2) is 0 Å². The normalized spacial score (nSPS) is 13.7. The SMILES string of the molecule is CCCN1Cc2nc3c(-c4cncc(C#N)c4)ccc(O)c3c(N)c2C1. The minimum Gasteiger partial charge on any atom is -0.507 e. The van der Waals surface area contributed by atoms with Crippen molar-refractivity contribution in [2.24, 2.45) is 0 Å². The second kappa shape index (κ2) is 6.28. The summed E-state index contributed by atoms with van der Waals surface area (Å²) in [5.74, 6) is 0.120. The van der Waals surface area contributed by atoms with E-state index in [1.165, 1.54) is 6.20 Å². The van der Waals surface area contributed by atoms with E-state index in [-0.39, 0.29) is 5.75 Å². The summed E-state index contributed by atoms with van der Waals surface area (Å²) in [6.07, 6.45) is 4.28. The van der Waals surface area contributed by atoms with Crippen LogP contribution in [-0.2, 0) is 13.1 Å². The minimum absolute atomic E-state index is 0.120. The molecule has 6 heteroatoms. The van der Waals surface area contributed by atoms with E-state index < -0.39 is 0 Å². The van der Waals surface area contributed by atoms with Crippen LogP contribution >= 0.6 is 0 Å². The van der Waals surface area contributed by atoms with E-state index in [0.29, 0.717) is 22.2 Å². The van der Waals surface area contributed by atoms with Gasteiger partial charge in [-0.05, 0) is 31.2 Å². The number of anilines is 1. The van der Waals surface area contributed by atoms with Crippen LogP contribution in [0.25, 0.3) is 22.0 Å². The summed E-state index contributed by atoms with van der Waals surface area (Å²) in [4.78, 5) is 11.3. The first kappa shape index (κ1) is 16.3. The van der Waals surface area contributed by atoms with Crippen LogP contribution in [0.3, 0.4) is 0 Å². The van der Waals surface area contributed by atoms with Gasteiger partial charge in [0.05, 0.1) is 27.8 Å². The molecule has 1 aromatic carbocycles. The molecule has 0 bridgehead atoms. The van der Waals surface area contributed by atoms with E-state index in [4.69, 9.17) is 16.0 Å². The lowest BCUT2D eigenvalue weighted by Gasteiger charge is -2.13.